The van der Waals surface area contributed by atoms with E-state index in [1.165, 1.54) is 0 Å². The SMILES string of the molecule is O=C(O)COCS. The van der Waals surface area contributed by atoms with E-state index in [2.05, 4.69) is 17.4 Å². The number of aliphatic carboxylic acids is 1. The summed E-state index contributed by atoms with van der Waals surface area (Å²) in [5.41, 5.74) is 0. The fraction of sp³-hybridized carbons (Fsp3) is 0.667. The quantitative estimate of drug-likeness (QED) is 0.408. The van der Waals surface area contributed by atoms with Gasteiger partial charge in [-0.3, -0.25) is 0 Å². The summed E-state index contributed by atoms with van der Waals surface area (Å²) in [7, 11) is 0. The number of carboxylic acid groups (broad SMARTS) is 1. The Kier molecular flexibility index (Phi) is 3.83. The van der Waals surface area contributed by atoms with Crippen LogP contribution in [0.4, 0.5) is 0 Å². The molecule has 0 unspecified atom stereocenters. The van der Waals surface area contributed by atoms with E-state index in [0.29, 0.717) is 0 Å². The minimum absolute atomic E-state index is 0.159. The second-order valence-electron chi connectivity index (χ2n) is 0.871. The van der Waals surface area contributed by atoms with Gasteiger partial charge < -0.3 is 9.84 Å². The van der Waals surface area contributed by atoms with Crippen LogP contribution in [0.15, 0.2) is 0 Å². The summed E-state index contributed by atoms with van der Waals surface area (Å²) in [5, 5.41) is 7.89. The number of hydrogen-bond acceptors (Lipinski definition) is 3. The van der Waals surface area contributed by atoms with E-state index >= 15 is 0 Å². The lowest BCUT2D eigenvalue weighted by Crippen LogP contribution is -2.04. The van der Waals surface area contributed by atoms with Crippen molar-refractivity contribution in [3.63, 3.8) is 0 Å². The van der Waals surface area contributed by atoms with Crippen LogP contribution in [0, 0.1) is 0 Å². The van der Waals surface area contributed by atoms with Crippen LogP contribution in [-0.2, 0) is 9.53 Å². The van der Waals surface area contributed by atoms with Crippen molar-refractivity contribution in [2.75, 3.05) is 12.5 Å². The molecule has 0 saturated carbocycles. The zero-order chi connectivity index (χ0) is 5.70. The first-order valence-electron chi connectivity index (χ1n) is 1.67. The number of carboxylic acids is 1. The lowest BCUT2D eigenvalue weighted by atomic mass is 10.8. The molecule has 42 valence electrons. The highest BCUT2D eigenvalue weighted by atomic mass is 32.1. The van der Waals surface area contributed by atoms with Crippen LogP contribution in [-0.4, -0.2) is 23.6 Å². The lowest BCUT2D eigenvalue weighted by Gasteiger charge is -1.89. The molecule has 1 N–H and O–H groups in total. The lowest BCUT2D eigenvalue weighted by molar-refractivity contribution is -0.141. The Morgan fingerprint density at radius 1 is 1.86 bits per heavy atom. The van der Waals surface area contributed by atoms with Gasteiger partial charge in [0.2, 0.25) is 0 Å². The molecule has 7 heavy (non-hydrogen) atoms. The van der Waals surface area contributed by atoms with Gasteiger partial charge in [0.15, 0.2) is 0 Å². The van der Waals surface area contributed by atoms with Gasteiger partial charge in [-0.15, -0.1) is 0 Å². The Morgan fingerprint density at radius 2 is 2.43 bits per heavy atom. The highest BCUT2D eigenvalue weighted by molar-refractivity contribution is 7.80. The number of hydrogen-bond donors (Lipinski definition) is 2. The molecule has 0 aliphatic heterocycles. The maximum atomic E-state index is 9.60. The maximum absolute atomic E-state index is 9.60. The summed E-state index contributed by atoms with van der Waals surface area (Å²) < 4.78 is 4.36. The predicted octanol–water partition coefficient (Wildman–Crippen LogP) is -0.0251. The van der Waals surface area contributed by atoms with E-state index in [1.54, 1.807) is 0 Å². The molecule has 4 heteroatoms. The molecule has 0 amide bonds. The van der Waals surface area contributed by atoms with Gasteiger partial charge in [-0.2, -0.15) is 12.6 Å². The van der Waals surface area contributed by atoms with Gasteiger partial charge in [0.25, 0.3) is 0 Å². The highest BCUT2D eigenvalue weighted by Gasteiger charge is 1.90. The Labute approximate surface area is 46.7 Å². The molecule has 0 bridgehead atoms. The molecule has 0 aromatic carbocycles. The van der Waals surface area contributed by atoms with Crippen LogP contribution < -0.4 is 0 Å². The minimum atomic E-state index is -0.964. The van der Waals surface area contributed by atoms with Gasteiger partial charge in [0.1, 0.15) is 6.61 Å². The number of carbonyl (C=O) groups is 1. The van der Waals surface area contributed by atoms with Crippen LogP contribution in [0.5, 0.6) is 0 Å². The summed E-state index contributed by atoms with van der Waals surface area (Å²) >= 11 is 3.61. The summed E-state index contributed by atoms with van der Waals surface area (Å²) in [6.07, 6.45) is 0. The van der Waals surface area contributed by atoms with Crippen molar-refractivity contribution >= 4 is 18.6 Å². The summed E-state index contributed by atoms with van der Waals surface area (Å²) in [5.74, 6) is -0.805. The Bertz CT molecular complexity index is 63.2. The van der Waals surface area contributed by atoms with Gasteiger partial charge in [-0.25, -0.2) is 4.79 Å². The smallest absolute Gasteiger partial charge is 0.329 e. The van der Waals surface area contributed by atoms with Crippen molar-refractivity contribution in [1.82, 2.24) is 0 Å². The number of rotatable bonds is 3. The molecular formula is C3H6O3S. The normalized spacial score (nSPS) is 8.71. The van der Waals surface area contributed by atoms with E-state index in [0.717, 1.165) is 0 Å². The molecule has 0 spiro atoms. The average Bonchev–Trinajstić information content (AvgIpc) is 1.61. The van der Waals surface area contributed by atoms with Crippen molar-refractivity contribution in [2.45, 2.75) is 0 Å². The summed E-state index contributed by atoms with van der Waals surface area (Å²) in [6.45, 7) is -0.260. The monoisotopic (exact) mass is 122 g/mol. The molecule has 0 radical (unpaired) electrons. The number of ether oxygens (including phenoxy) is 1. The molecule has 0 aromatic rings. The van der Waals surface area contributed by atoms with E-state index in [4.69, 9.17) is 5.11 Å². The van der Waals surface area contributed by atoms with E-state index in [9.17, 15) is 4.79 Å². The zero-order valence-corrected chi connectivity index (χ0v) is 4.52. The van der Waals surface area contributed by atoms with Crippen molar-refractivity contribution in [2.24, 2.45) is 0 Å². The van der Waals surface area contributed by atoms with Crippen molar-refractivity contribution < 1.29 is 14.6 Å². The first kappa shape index (κ1) is 6.78. The molecule has 0 rings (SSSR count). The van der Waals surface area contributed by atoms with Crippen LogP contribution >= 0.6 is 12.6 Å². The molecule has 0 heterocycles. The van der Waals surface area contributed by atoms with Crippen molar-refractivity contribution in [3.8, 4) is 0 Å². The van der Waals surface area contributed by atoms with Crippen LogP contribution in [0.3, 0.4) is 0 Å². The second kappa shape index (κ2) is 3.95. The molecule has 0 aliphatic rings. The Hall–Kier alpha value is -0.220. The third-order valence-electron chi connectivity index (χ3n) is 0.317. The molecule has 0 aliphatic carbocycles. The van der Waals surface area contributed by atoms with Gasteiger partial charge in [0.05, 0.1) is 5.94 Å². The zero-order valence-electron chi connectivity index (χ0n) is 3.63. The molecule has 3 nitrogen and oxygen atoms in total. The van der Waals surface area contributed by atoms with Crippen LogP contribution in [0.1, 0.15) is 0 Å². The third kappa shape index (κ3) is 5.78. The Morgan fingerprint density at radius 3 is 2.57 bits per heavy atom. The minimum Gasteiger partial charge on any atom is -0.480 e. The largest absolute Gasteiger partial charge is 0.480 e. The average molecular weight is 122 g/mol. The first-order valence-corrected chi connectivity index (χ1v) is 2.31. The van der Waals surface area contributed by atoms with Crippen LogP contribution in [0.25, 0.3) is 0 Å². The van der Waals surface area contributed by atoms with Crippen molar-refractivity contribution in [3.05, 3.63) is 0 Å². The van der Waals surface area contributed by atoms with E-state index in [1.807, 2.05) is 0 Å². The fourth-order valence-electron chi connectivity index (χ4n) is 0.133. The first-order chi connectivity index (χ1) is 3.27. The molecular weight excluding hydrogens is 116 g/mol. The predicted molar refractivity (Wildman–Crippen MR) is 27.4 cm³/mol. The van der Waals surface area contributed by atoms with Gasteiger partial charge in [-0.05, 0) is 0 Å². The number of thiol groups is 1. The maximum Gasteiger partial charge on any atom is 0.329 e. The molecule has 0 aromatic heterocycles. The topological polar surface area (TPSA) is 46.5 Å². The highest BCUT2D eigenvalue weighted by Crippen LogP contribution is 1.75. The molecule has 0 atom stereocenters. The standard InChI is InChI=1S/C3H6O3S/c4-3(5)1-6-2-7/h7H,1-2H2,(H,4,5). The summed E-state index contributed by atoms with van der Waals surface area (Å²) in [6, 6.07) is 0. The van der Waals surface area contributed by atoms with Gasteiger partial charge >= 0.3 is 5.97 Å². The van der Waals surface area contributed by atoms with Crippen molar-refractivity contribution in [1.29, 1.82) is 0 Å². The third-order valence-corrected chi connectivity index (χ3v) is 0.499. The van der Waals surface area contributed by atoms with Gasteiger partial charge in [0, 0.05) is 0 Å². The van der Waals surface area contributed by atoms with E-state index < -0.39 is 5.97 Å². The van der Waals surface area contributed by atoms with Crippen LogP contribution in [0.2, 0.25) is 0 Å². The Balaban J connectivity index is 2.82. The van der Waals surface area contributed by atoms with Gasteiger partial charge in [-0.1, -0.05) is 0 Å². The fourth-order valence-corrected chi connectivity index (χ4v) is 0.224. The molecule has 0 saturated heterocycles. The van der Waals surface area contributed by atoms with E-state index in [-0.39, 0.29) is 12.5 Å². The molecule has 0 fully saturated rings. The second-order valence-corrected chi connectivity index (χ2v) is 1.13. The summed E-state index contributed by atoms with van der Waals surface area (Å²) in [4.78, 5) is 9.60.